The molecular formula is C46H85O11P. The zero-order valence-electron chi connectivity index (χ0n) is 36.7. The molecule has 58 heavy (non-hydrogen) atoms. The molecule has 1 aliphatic carbocycles. The van der Waals surface area contributed by atoms with Gasteiger partial charge < -0.3 is 34.6 Å². The van der Waals surface area contributed by atoms with E-state index in [0.717, 1.165) is 44.4 Å². The Hall–Kier alpha value is -1.59. The maximum Gasteiger partial charge on any atom is 0.469 e. The summed E-state index contributed by atoms with van der Waals surface area (Å²) in [6.45, 7) is 5.70. The van der Waals surface area contributed by atoms with Crippen LogP contribution >= 0.6 is 7.82 Å². The fourth-order valence-electron chi connectivity index (χ4n) is 7.68. The molecular weight excluding hydrogens is 759 g/mol. The van der Waals surface area contributed by atoms with Crippen LogP contribution < -0.4 is 0 Å². The van der Waals surface area contributed by atoms with Gasteiger partial charge in [-0.25, -0.2) is 4.57 Å². The van der Waals surface area contributed by atoms with Gasteiger partial charge in [0.2, 0.25) is 0 Å². The van der Waals surface area contributed by atoms with Crippen LogP contribution in [0.1, 0.15) is 201 Å². The van der Waals surface area contributed by atoms with E-state index in [1.54, 1.807) is 24.3 Å². The molecule has 1 fully saturated rings. The molecule has 340 valence electrons. The van der Waals surface area contributed by atoms with Crippen LogP contribution in [0.4, 0.5) is 0 Å². The topological polar surface area (TPSA) is 180 Å². The lowest BCUT2D eigenvalue weighted by Gasteiger charge is -2.19. The lowest BCUT2D eigenvalue weighted by atomic mass is 9.89. The fraction of sp³-hybridized carbons (Fsp3) is 0.870. The van der Waals surface area contributed by atoms with E-state index in [-0.39, 0.29) is 31.1 Å². The summed E-state index contributed by atoms with van der Waals surface area (Å²) in [6, 6.07) is 0. The molecule has 11 nitrogen and oxygen atoms in total. The highest BCUT2D eigenvalue weighted by molar-refractivity contribution is 7.46. The van der Waals surface area contributed by atoms with Gasteiger partial charge in [0.25, 0.3) is 0 Å². The first-order valence-corrected chi connectivity index (χ1v) is 24.8. The minimum absolute atomic E-state index is 0.110. The van der Waals surface area contributed by atoms with Crippen LogP contribution in [0.5, 0.6) is 0 Å². The van der Waals surface area contributed by atoms with Gasteiger partial charge in [-0.15, -0.1) is 0 Å². The molecule has 1 saturated carbocycles. The zero-order chi connectivity index (χ0) is 42.9. The first kappa shape index (κ1) is 54.4. The molecule has 12 heteroatoms. The highest BCUT2D eigenvalue weighted by Crippen LogP contribution is 2.37. The third kappa shape index (κ3) is 30.4. The van der Waals surface area contributed by atoms with Gasteiger partial charge in [-0.3, -0.25) is 14.1 Å². The van der Waals surface area contributed by atoms with Crippen molar-refractivity contribution < 1.29 is 53.3 Å². The Kier molecular flexibility index (Phi) is 32.9. The number of ether oxygens (including phenoxy) is 2. The molecule has 0 aliphatic heterocycles. The van der Waals surface area contributed by atoms with Gasteiger partial charge in [0.15, 0.2) is 6.10 Å². The molecule has 0 amide bonds. The average Bonchev–Trinajstić information content (AvgIpc) is 3.45. The fourth-order valence-corrected chi connectivity index (χ4v) is 8.04. The van der Waals surface area contributed by atoms with Gasteiger partial charge in [0.05, 0.1) is 31.3 Å². The van der Waals surface area contributed by atoms with Crippen LogP contribution in [-0.4, -0.2) is 74.7 Å². The molecule has 0 aromatic heterocycles. The van der Waals surface area contributed by atoms with Crippen molar-refractivity contribution in [3.63, 3.8) is 0 Å². The first-order valence-electron chi connectivity index (χ1n) is 23.3. The lowest BCUT2D eigenvalue weighted by Crippen LogP contribution is -2.29. The third-order valence-electron chi connectivity index (χ3n) is 11.6. The number of carbonyl (C=O) groups excluding carboxylic acids is 2. The molecule has 1 rings (SSSR count). The Bertz CT molecular complexity index is 1120. The van der Waals surface area contributed by atoms with Gasteiger partial charge >= 0.3 is 19.8 Å². The second-order valence-corrected chi connectivity index (χ2v) is 18.2. The second-order valence-electron chi connectivity index (χ2n) is 17.0. The number of allylic oxidation sites excluding steroid dienone is 1. The number of aliphatic hydroxyl groups is 3. The van der Waals surface area contributed by atoms with E-state index in [0.29, 0.717) is 19.3 Å². The number of unbranched alkanes of at least 4 members (excludes halogenated alkanes) is 19. The standard InChI is InChI=1S/C46H85O11P/c1-4-6-23-29-39(47)33-34-42-41(43(48)35-44(42)49)30-26-27-31-45(50)55-36-40(37-56-58(52,53)54)57-46(51)32-25-22-20-18-16-14-12-10-8-7-9-11-13-15-17-19-21-24-28-38(3)5-2/h26-27,33-34,38-44,47-49H,4-25,28-32,35-37H2,1-3H3,(H2,52,53,54)/b27-26-,34-33+/t38?,39-,40-,41+,42-,43+,44-/m1/s1. The number of phosphoric ester groups is 1. The summed E-state index contributed by atoms with van der Waals surface area (Å²) in [5, 5.41) is 31.2. The van der Waals surface area contributed by atoms with Crippen molar-refractivity contribution in [3.05, 3.63) is 24.3 Å². The van der Waals surface area contributed by atoms with Gasteiger partial charge in [-0.2, -0.15) is 0 Å². The normalized spacial score (nSPS) is 20.2. The van der Waals surface area contributed by atoms with Crippen LogP contribution in [0.25, 0.3) is 0 Å². The molecule has 5 N–H and O–H groups in total. The zero-order valence-corrected chi connectivity index (χ0v) is 37.6. The van der Waals surface area contributed by atoms with Crippen molar-refractivity contribution in [2.24, 2.45) is 17.8 Å². The molecule has 0 spiro atoms. The molecule has 7 atom stereocenters. The Morgan fingerprint density at radius 2 is 1.24 bits per heavy atom. The van der Waals surface area contributed by atoms with Crippen LogP contribution in [0.2, 0.25) is 0 Å². The van der Waals surface area contributed by atoms with Crippen molar-refractivity contribution in [1.82, 2.24) is 0 Å². The molecule has 0 bridgehead atoms. The predicted octanol–water partition coefficient (Wildman–Crippen LogP) is 10.6. The number of hydrogen-bond acceptors (Lipinski definition) is 9. The van der Waals surface area contributed by atoms with Crippen LogP contribution in [0, 0.1) is 17.8 Å². The molecule has 0 heterocycles. The molecule has 0 aromatic rings. The van der Waals surface area contributed by atoms with Crippen molar-refractivity contribution in [2.75, 3.05) is 13.2 Å². The Balaban J connectivity index is 2.21. The predicted molar refractivity (Wildman–Crippen MR) is 232 cm³/mol. The van der Waals surface area contributed by atoms with E-state index < -0.39 is 57.4 Å². The van der Waals surface area contributed by atoms with Crippen molar-refractivity contribution in [1.29, 1.82) is 0 Å². The van der Waals surface area contributed by atoms with E-state index in [1.807, 2.05) is 0 Å². The summed E-state index contributed by atoms with van der Waals surface area (Å²) >= 11 is 0. The van der Waals surface area contributed by atoms with Crippen molar-refractivity contribution >= 4 is 19.8 Å². The van der Waals surface area contributed by atoms with Gasteiger partial charge in [-0.1, -0.05) is 186 Å². The van der Waals surface area contributed by atoms with E-state index in [4.69, 9.17) is 19.3 Å². The minimum atomic E-state index is -4.84. The quantitative estimate of drug-likeness (QED) is 0.0173. The van der Waals surface area contributed by atoms with E-state index >= 15 is 0 Å². The lowest BCUT2D eigenvalue weighted by molar-refractivity contribution is -0.160. The second kappa shape index (κ2) is 35.1. The first-order chi connectivity index (χ1) is 27.9. The number of carbonyl (C=O) groups is 2. The summed E-state index contributed by atoms with van der Waals surface area (Å²) < 4.78 is 26.4. The van der Waals surface area contributed by atoms with E-state index in [1.165, 1.54) is 103 Å². The van der Waals surface area contributed by atoms with E-state index in [2.05, 4.69) is 25.3 Å². The number of aliphatic hydroxyl groups excluding tert-OH is 3. The summed E-state index contributed by atoms with van der Waals surface area (Å²) in [5.74, 6) is -0.889. The number of phosphoric acid groups is 1. The van der Waals surface area contributed by atoms with Gasteiger partial charge in [0.1, 0.15) is 6.61 Å². The number of hydrogen-bond donors (Lipinski definition) is 5. The van der Waals surface area contributed by atoms with Crippen molar-refractivity contribution in [2.45, 2.75) is 225 Å². The summed E-state index contributed by atoms with van der Waals surface area (Å²) in [6.07, 6.45) is 33.1. The van der Waals surface area contributed by atoms with Crippen LogP contribution in [0.15, 0.2) is 24.3 Å². The van der Waals surface area contributed by atoms with Crippen LogP contribution in [-0.2, 0) is 28.2 Å². The van der Waals surface area contributed by atoms with Gasteiger partial charge in [-0.05, 0) is 31.1 Å². The maximum atomic E-state index is 12.5. The van der Waals surface area contributed by atoms with Gasteiger partial charge in [0, 0.05) is 18.8 Å². The van der Waals surface area contributed by atoms with Crippen molar-refractivity contribution in [3.8, 4) is 0 Å². The SMILES string of the molecule is CCCCC[C@@H](O)/C=C/[C@@H]1[C@H](C/C=C\CC(=O)OC[C@H](COP(=O)(O)O)OC(=O)CCCCCCCCCCCCCCCCCCCCC(C)CC)[C@@H](O)C[C@H]1O. The molecule has 1 aliphatic rings. The van der Waals surface area contributed by atoms with Crippen LogP contribution in [0.3, 0.4) is 0 Å². The Morgan fingerprint density at radius 3 is 1.78 bits per heavy atom. The number of rotatable bonds is 38. The summed E-state index contributed by atoms with van der Waals surface area (Å²) in [5.41, 5.74) is 0. The summed E-state index contributed by atoms with van der Waals surface area (Å²) in [4.78, 5) is 43.2. The number of esters is 2. The Labute approximate surface area is 352 Å². The molecule has 0 saturated heterocycles. The largest absolute Gasteiger partial charge is 0.469 e. The smallest absolute Gasteiger partial charge is 0.461 e. The minimum Gasteiger partial charge on any atom is -0.461 e. The highest BCUT2D eigenvalue weighted by Gasteiger charge is 2.39. The molecule has 1 unspecified atom stereocenters. The maximum absolute atomic E-state index is 12.5. The Morgan fingerprint density at radius 1 is 0.707 bits per heavy atom. The molecule has 0 aromatic carbocycles. The van der Waals surface area contributed by atoms with E-state index in [9.17, 15) is 29.5 Å². The highest BCUT2D eigenvalue weighted by atomic mass is 31.2. The third-order valence-corrected chi connectivity index (χ3v) is 12.1. The average molecular weight is 845 g/mol. The summed E-state index contributed by atoms with van der Waals surface area (Å²) in [7, 11) is -4.84. The molecule has 0 radical (unpaired) electrons. The monoisotopic (exact) mass is 845 g/mol.